The second-order valence-electron chi connectivity index (χ2n) is 5.42. The highest BCUT2D eigenvalue weighted by Gasteiger charge is 2.18. The second-order valence-corrected chi connectivity index (χ2v) is 5.42. The summed E-state index contributed by atoms with van der Waals surface area (Å²) >= 11 is 0. The van der Waals surface area contributed by atoms with Crippen LogP contribution in [0.15, 0.2) is 0 Å². The van der Waals surface area contributed by atoms with Gasteiger partial charge in [0, 0.05) is 32.7 Å². The maximum atomic E-state index is 7.31. The first-order chi connectivity index (χ1) is 8.08. The molecule has 1 aliphatic heterocycles. The van der Waals surface area contributed by atoms with E-state index in [1.165, 1.54) is 19.3 Å². The highest BCUT2D eigenvalue weighted by Crippen LogP contribution is 2.14. The van der Waals surface area contributed by atoms with Crippen LogP contribution in [0.3, 0.4) is 0 Å². The lowest BCUT2D eigenvalue weighted by molar-refractivity contribution is -0.00698. The van der Waals surface area contributed by atoms with Gasteiger partial charge < -0.3 is 15.4 Å². The minimum atomic E-state index is 0.281. The van der Waals surface area contributed by atoms with Gasteiger partial charge in [-0.25, -0.2) is 0 Å². The largest absolute Gasteiger partial charge is 0.388 e. The summed E-state index contributed by atoms with van der Waals surface area (Å²) < 4.78 is 5.77. The Labute approximate surface area is 105 Å². The average Bonchev–Trinajstić information content (AvgIpc) is 2.26. The van der Waals surface area contributed by atoms with Gasteiger partial charge in [0.2, 0.25) is 0 Å². The molecule has 1 rings (SSSR count). The number of amidine groups is 1. The molecule has 0 saturated carbocycles. The molecule has 0 amide bonds. The van der Waals surface area contributed by atoms with Crippen LogP contribution in [0.25, 0.3) is 0 Å². The van der Waals surface area contributed by atoms with E-state index in [1.54, 1.807) is 0 Å². The molecule has 0 aromatic carbocycles. The zero-order chi connectivity index (χ0) is 12.7. The van der Waals surface area contributed by atoms with Gasteiger partial charge in [0.15, 0.2) is 0 Å². The quantitative estimate of drug-likeness (QED) is 0.528. The van der Waals surface area contributed by atoms with Crippen molar-refractivity contribution in [2.45, 2.75) is 45.6 Å². The number of nitrogens with zero attached hydrogens (tertiary/aromatic N) is 1. The molecule has 1 unspecified atom stereocenters. The van der Waals surface area contributed by atoms with Crippen molar-refractivity contribution in [1.82, 2.24) is 4.90 Å². The number of nitrogens with two attached hydrogens (primary N) is 1. The fourth-order valence-electron chi connectivity index (χ4n) is 2.29. The Morgan fingerprint density at radius 3 is 2.76 bits per heavy atom. The van der Waals surface area contributed by atoms with Crippen molar-refractivity contribution in [2.75, 3.05) is 26.2 Å². The van der Waals surface area contributed by atoms with E-state index in [-0.39, 0.29) is 5.84 Å². The molecule has 0 spiro atoms. The van der Waals surface area contributed by atoms with Crippen LogP contribution in [0.5, 0.6) is 0 Å². The zero-order valence-corrected chi connectivity index (χ0v) is 11.2. The van der Waals surface area contributed by atoms with Gasteiger partial charge in [-0.05, 0) is 25.2 Å². The normalized spacial score (nSPS) is 21.1. The van der Waals surface area contributed by atoms with Crippen molar-refractivity contribution in [2.24, 2.45) is 11.7 Å². The van der Waals surface area contributed by atoms with Gasteiger partial charge in [-0.1, -0.05) is 13.8 Å². The van der Waals surface area contributed by atoms with E-state index >= 15 is 0 Å². The number of rotatable bonds is 7. The van der Waals surface area contributed by atoms with Crippen LogP contribution in [-0.2, 0) is 4.74 Å². The maximum Gasteiger partial charge on any atom is 0.0918 e. The van der Waals surface area contributed by atoms with Gasteiger partial charge in [-0.3, -0.25) is 5.41 Å². The predicted molar refractivity (Wildman–Crippen MR) is 71.4 cm³/mol. The monoisotopic (exact) mass is 241 g/mol. The summed E-state index contributed by atoms with van der Waals surface area (Å²) in [4.78, 5) is 2.39. The molecule has 0 aliphatic carbocycles. The molecular weight excluding hydrogens is 214 g/mol. The lowest BCUT2D eigenvalue weighted by atomic mass is 10.1. The lowest BCUT2D eigenvalue weighted by Gasteiger charge is -2.30. The smallest absolute Gasteiger partial charge is 0.0918 e. The SMILES string of the molecule is CC(C)CN(CCC(=N)N)CC1CCCCO1. The second kappa shape index (κ2) is 7.67. The first kappa shape index (κ1) is 14.5. The van der Waals surface area contributed by atoms with E-state index in [1.807, 2.05) is 0 Å². The van der Waals surface area contributed by atoms with Crippen molar-refractivity contribution in [3.05, 3.63) is 0 Å². The average molecular weight is 241 g/mol. The van der Waals surface area contributed by atoms with Crippen molar-refractivity contribution in [3.8, 4) is 0 Å². The molecule has 4 nitrogen and oxygen atoms in total. The molecule has 0 bridgehead atoms. The van der Waals surface area contributed by atoms with Crippen LogP contribution in [0.1, 0.15) is 39.5 Å². The standard InChI is InChI=1S/C13H27N3O/c1-11(2)9-16(7-6-13(14)15)10-12-5-3-4-8-17-12/h11-12H,3-10H2,1-2H3,(H3,14,15). The molecule has 0 aromatic heterocycles. The van der Waals surface area contributed by atoms with Crippen molar-refractivity contribution in [1.29, 1.82) is 5.41 Å². The number of hydrogen-bond donors (Lipinski definition) is 2. The van der Waals surface area contributed by atoms with E-state index in [9.17, 15) is 0 Å². The molecule has 1 atom stereocenters. The third kappa shape index (κ3) is 6.64. The summed E-state index contributed by atoms with van der Waals surface area (Å²) in [7, 11) is 0. The van der Waals surface area contributed by atoms with E-state index in [4.69, 9.17) is 15.9 Å². The van der Waals surface area contributed by atoms with E-state index in [2.05, 4.69) is 18.7 Å². The van der Waals surface area contributed by atoms with Gasteiger partial charge in [0.05, 0.1) is 11.9 Å². The summed E-state index contributed by atoms with van der Waals surface area (Å²) in [5.74, 6) is 0.925. The molecule has 100 valence electrons. The number of hydrogen-bond acceptors (Lipinski definition) is 3. The lowest BCUT2D eigenvalue weighted by Crippen LogP contribution is -2.39. The van der Waals surface area contributed by atoms with Crippen LogP contribution in [0.2, 0.25) is 0 Å². The highest BCUT2D eigenvalue weighted by molar-refractivity contribution is 5.76. The van der Waals surface area contributed by atoms with Crippen LogP contribution in [-0.4, -0.2) is 43.1 Å². The van der Waals surface area contributed by atoms with Crippen LogP contribution in [0, 0.1) is 11.3 Å². The minimum Gasteiger partial charge on any atom is -0.388 e. The molecule has 1 heterocycles. The van der Waals surface area contributed by atoms with E-state index in [0.717, 1.165) is 26.2 Å². The molecular formula is C13H27N3O. The third-order valence-corrected chi connectivity index (χ3v) is 3.06. The molecule has 17 heavy (non-hydrogen) atoms. The molecule has 1 fully saturated rings. The Kier molecular flexibility index (Phi) is 6.52. The Morgan fingerprint density at radius 1 is 1.47 bits per heavy atom. The van der Waals surface area contributed by atoms with Gasteiger partial charge in [0.1, 0.15) is 0 Å². The van der Waals surface area contributed by atoms with E-state index in [0.29, 0.717) is 18.4 Å². The zero-order valence-electron chi connectivity index (χ0n) is 11.2. The molecule has 1 saturated heterocycles. The Balaban J connectivity index is 2.35. The minimum absolute atomic E-state index is 0.281. The Bertz CT molecular complexity index is 225. The van der Waals surface area contributed by atoms with Gasteiger partial charge in [-0.2, -0.15) is 0 Å². The van der Waals surface area contributed by atoms with Crippen LogP contribution >= 0.6 is 0 Å². The summed E-state index contributed by atoms with van der Waals surface area (Å²) in [6.45, 7) is 8.30. The third-order valence-electron chi connectivity index (χ3n) is 3.06. The Morgan fingerprint density at radius 2 is 2.24 bits per heavy atom. The molecule has 4 heteroatoms. The van der Waals surface area contributed by atoms with Crippen molar-refractivity contribution < 1.29 is 4.74 Å². The van der Waals surface area contributed by atoms with Crippen molar-refractivity contribution >= 4 is 5.84 Å². The van der Waals surface area contributed by atoms with Gasteiger partial charge >= 0.3 is 0 Å². The molecule has 0 radical (unpaired) electrons. The summed E-state index contributed by atoms with van der Waals surface area (Å²) in [5.41, 5.74) is 5.43. The van der Waals surface area contributed by atoms with Gasteiger partial charge in [0.25, 0.3) is 0 Å². The summed E-state index contributed by atoms with van der Waals surface area (Å²) in [6, 6.07) is 0. The molecule has 3 N–H and O–H groups in total. The number of ether oxygens (including phenoxy) is 1. The predicted octanol–water partition coefficient (Wildman–Crippen LogP) is 1.84. The topological polar surface area (TPSA) is 62.3 Å². The van der Waals surface area contributed by atoms with Crippen molar-refractivity contribution in [3.63, 3.8) is 0 Å². The maximum absolute atomic E-state index is 7.31. The first-order valence-corrected chi connectivity index (χ1v) is 6.74. The van der Waals surface area contributed by atoms with Crippen LogP contribution < -0.4 is 5.73 Å². The number of nitrogens with one attached hydrogen (secondary N) is 1. The molecule has 0 aromatic rings. The highest BCUT2D eigenvalue weighted by atomic mass is 16.5. The summed E-state index contributed by atoms with van der Waals surface area (Å²) in [6.07, 6.45) is 4.71. The fourth-order valence-corrected chi connectivity index (χ4v) is 2.29. The van der Waals surface area contributed by atoms with E-state index < -0.39 is 0 Å². The first-order valence-electron chi connectivity index (χ1n) is 6.74. The van der Waals surface area contributed by atoms with Crippen LogP contribution in [0.4, 0.5) is 0 Å². The molecule has 1 aliphatic rings. The Hall–Kier alpha value is -0.610. The van der Waals surface area contributed by atoms with Gasteiger partial charge in [-0.15, -0.1) is 0 Å². The fraction of sp³-hybridized carbons (Fsp3) is 0.923. The summed E-state index contributed by atoms with van der Waals surface area (Å²) in [5, 5.41) is 7.31.